The minimum absolute atomic E-state index is 0.823. The molecule has 0 aliphatic heterocycles. The molecule has 3 heteroatoms. The second kappa shape index (κ2) is 5.77. The molecule has 1 N–H and O–H groups in total. The van der Waals surface area contributed by atoms with Crippen molar-refractivity contribution >= 4 is 15.9 Å². The van der Waals surface area contributed by atoms with Gasteiger partial charge in [-0.25, -0.2) is 4.98 Å². The van der Waals surface area contributed by atoms with E-state index in [1.165, 1.54) is 11.1 Å². The predicted octanol–water partition coefficient (Wildman–Crippen LogP) is 3.13. The Hall–Kier alpha value is -1.19. The molecule has 0 saturated carbocycles. The van der Waals surface area contributed by atoms with E-state index in [9.17, 15) is 0 Å². The van der Waals surface area contributed by atoms with Gasteiger partial charge >= 0.3 is 0 Å². The number of nitrogens with zero attached hydrogens (tertiary/aromatic N) is 1. The fraction of sp³-hybridized carbons (Fsp3) is 0.154. The van der Waals surface area contributed by atoms with Gasteiger partial charge in [0.05, 0.1) is 0 Å². The Morgan fingerprint density at radius 1 is 1.00 bits per heavy atom. The van der Waals surface area contributed by atoms with Gasteiger partial charge in [-0.1, -0.05) is 36.4 Å². The van der Waals surface area contributed by atoms with Crippen molar-refractivity contribution in [3.05, 3.63) is 64.4 Å². The van der Waals surface area contributed by atoms with Crippen LogP contribution in [0.15, 0.2) is 53.3 Å². The molecule has 0 radical (unpaired) electrons. The van der Waals surface area contributed by atoms with E-state index in [0.717, 1.165) is 17.7 Å². The number of halogens is 1. The van der Waals surface area contributed by atoms with Crippen LogP contribution < -0.4 is 5.32 Å². The van der Waals surface area contributed by atoms with Crippen LogP contribution in [-0.2, 0) is 13.1 Å². The molecule has 0 spiro atoms. The van der Waals surface area contributed by atoms with Crippen LogP contribution in [0.4, 0.5) is 0 Å². The molecule has 0 amide bonds. The zero-order chi connectivity index (χ0) is 11.2. The standard InChI is InChI=1S/C13H13BrN2/c14-13-12(7-4-8-16-13)10-15-9-11-5-2-1-3-6-11/h1-8,15H,9-10H2. The van der Waals surface area contributed by atoms with Crippen LogP contribution in [0.2, 0.25) is 0 Å². The second-order valence-corrected chi connectivity index (χ2v) is 4.29. The third-order valence-electron chi connectivity index (χ3n) is 2.32. The Labute approximate surface area is 104 Å². The number of hydrogen-bond donors (Lipinski definition) is 1. The average molecular weight is 277 g/mol. The first-order valence-corrected chi connectivity index (χ1v) is 5.99. The number of pyridine rings is 1. The van der Waals surface area contributed by atoms with Crippen molar-refractivity contribution in [1.29, 1.82) is 0 Å². The van der Waals surface area contributed by atoms with E-state index in [0.29, 0.717) is 0 Å². The molecule has 0 saturated heterocycles. The van der Waals surface area contributed by atoms with Crippen molar-refractivity contribution in [2.24, 2.45) is 0 Å². The summed E-state index contributed by atoms with van der Waals surface area (Å²) in [5, 5.41) is 3.39. The molecule has 0 aliphatic carbocycles. The molecule has 0 atom stereocenters. The fourth-order valence-electron chi connectivity index (χ4n) is 1.49. The zero-order valence-corrected chi connectivity index (χ0v) is 10.4. The SMILES string of the molecule is Brc1ncccc1CNCc1ccccc1. The van der Waals surface area contributed by atoms with E-state index in [1.54, 1.807) is 6.20 Å². The van der Waals surface area contributed by atoms with Crippen LogP contribution in [0, 0.1) is 0 Å². The van der Waals surface area contributed by atoms with Crippen LogP contribution >= 0.6 is 15.9 Å². The van der Waals surface area contributed by atoms with Crippen molar-refractivity contribution in [3.8, 4) is 0 Å². The Morgan fingerprint density at radius 2 is 1.81 bits per heavy atom. The molecule has 82 valence electrons. The van der Waals surface area contributed by atoms with Gasteiger partial charge in [0.2, 0.25) is 0 Å². The van der Waals surface area contributed by atoms with Gasteiger partial charge in [0.1, 0.15) is 4.60 Å². The van der Waals surface area contributed by atoms with Gasteiger partial charge in [-0.15, -0.1) is 0 Å². The smallest absolute Gasteiger partial charge is 0.110 e. The van der Waals surface area contributed by atoms with Crippen molar-refractivity contribution in [1.82, 2.24) is 10.3 Å². The van der Waals surface area contributed by atoms with Crippen molar-refractivity contribution in [2.75, 3.05) is 0 Å². The van der Waals surface area contributed by atoms with E-state index < -0.39 is 0 Å². The normalized spacial score (nSPS) is 10.3. The van der Waals surface area contributed by atoms with Crippen LogP contribution in [-0.4, -0.2) is 4.98 Å². The highest BCUT2D eigenvalue weighted by atomic mass is 79.9. The summed E-state index contributed by atoms with van der Waals surface area (Å²) in [5.74, 6) is 0. The first kappa shape index (κ1) is 11.3. The van der Waals surface area contributed by atoms with Gasteiger partial charge in [0.25, 0.3) is 0 Å². The third-order valence-corrected chi connectivity index (χ3v) is 3.04. The quantitative estimate of drug-likeness (QED) is 0.868. The zero-order valence-electron chi connectivity index (χ0n) is 8.86. The van der Waals surface area contributed by atoms with Crippen molar-refractivity contribution < 1.29 is 0 Å². The minimum Gasteiger partial charge on any atom is -0.309 e. The molecule has 2 rings (SSSR count). The van der Waals surface area contributed by atoms with E-state index in [-0.39, 0.29) is 0 Å². The molecule has 0 unspecified atom stereocenters. The first-order chi connectivity index (χ1) is 7.86. The molecule has 2 nitrogen and oxygen atoms in total. The number of hydrogen-bond acceptors (Lipinski definition) is 2. The Balaban J connectivity index is 1.87. The maximum absolute atomic E-state index is 4.18. The number of rotatable bonds is 4. The van der Waals surface area contributed by atoms with Gasteiger partial charge in [-0.3, -0.25) is 0 Å². The van der Waals surface area contributed by atoms with Gasteiger partial charge < -0.3 is 5.32 Å². The molecular weight excluding hydrogens is 264 g/mol. The lowest BCUT2D eigenvalue weighted by Gasteiger charge is -2.06. The predicted molar refractivity (Wildman–Crippen MR) is 68.9 cm³/mol. The molecule has 16 heavy (non-hydrogen) atoms. The van der Waals surface area contributed by atoms with Crippen LogP contribution in [0.25, 0.3) is 0 Å². The topological polar surface area (TPSA) is 24.9 Å². The molecule has 1 heterocycles. The molecule has 2 aromatic rings. The summed E-state index contributed by atoms with van der Waals surface area (Å²) in [6.07, 6.45) is 1.78. The molecule has 0 fully saturated rings. The van der Waals surface area contributed by atoms with Gasteiger partial charge in [0, 0.05) is 19.3 Å². The van der Waals surface area contributed by atoms with Crippen molar-refractivity contribution in [2.45, 2.75) is 13.1 Å². The van der Waals surface area contributed by atoms with E-state index in [2.05, 4.69) is 56.6 Å². The lowest BCUT2D eigenvalue weighted by Crippen LogP contribution is -2.13. The molecular formula is C13H13BrN2. The average Bonchev–Trinajstić information content (AvgIpc) is 2.33. The van der Waals surface area contributed by atoms with Crippen LogP contribution in [0.5, 0.6) is 0 Å². The largest absolute Gasteiger partial charge is 0.309 e. The monoisotopic (exact) mass is 276 g/mol. The molecule has 1 aromatic carbocycles. The van der Waals surface area contributed by atoms with E-state index >= 15 is 0 Å². The highest BCUT2D eigenvalue weighted by Crippen LogP contribution is 2.12. The third kappa shape index (κ3) is 3.15. The van der Waals surface area contributed by atoms with Gasteiger partial charge in [-0.2, -0.15) is 0 Å². The fourth-order valence-corrected chi connectivity index (χ4v) is 1.88. The summed E-state index contributed by atoms with van der Waals surface area (Å²) in [7, 11) is 0. The first-order valence-electron chi connectivity index (χ1n) is 5.20. The lowest BCUT2D eigenvalue weighted by atomic mass is 10.2. The van der Waals surface area contributed by atoms with Crippen LogP contribution in [0.1, 0.15) is 11.1 Å². The summed E-state index contributed by atoms with van der Waals surface area (Å²) >= 11 is 3.43. The summed E-state index contributed by atoms with van der Waals surface area (Å²) in [6.45, 7) is 1.70. The van der Waals surface area contributed by atoms with Gasteiger partial charge in [0.15, 0.2) is 0 Å². The summed E-state index contributed by atoms with van der Waals surface area (Å²) in [6, 6.07) is 14.4. The summed E-state index contributed by atoms with van der Waals surface area (Å²) in [4.78, 5) is 4.18. The number of nitrogens with one attached hydrogen (secondary N) is 1. The maximum Gasteiger partial charge on any atom is 0.110 e. The maximum atomic E-state index is 4.18. The molecule has 0 bridgehead atoms. The van der Waals surface area contributed by atoms with E-state index in [1.807, 2.05) is 12.1 Å². The summed E-state index contributed by atoms with van der Waals surface area (Å²) < 4.78 is 0.913. The Kier molecular flexibility index (Phi) is 4.08. The summed E-state index contributed by atoms with van der Waals surface area (Å²) in [5.41, 5.74) is 2.47. The lowest BCUT2D eigenvalue weighted by molar-refractivity contribution is 0.689. The second-order valence-electron chi connectivity index (χ2n) is 3.54. The highest BCUT2D eigenvalue weighted by Gasteiger charge is 1.98. The van der Waals surface area contributed by atoms with Crippen molar-refractivity contribution in [3.63, 3.8) is 0 Å². The Morgan fingerprint density at radius 3 is 2.56 bits per heavy atom. The molecule has 0 aliphatic rings. The minimum atomic E-state index is 0.823. The number of aromatic nitrogens is 1. The number of benzene rings is 1. The van der Waals surface area contributed by atoms with Crippen LogP contribution in [0.3, 0.4) is 0 Å². The molecule has 1 aromatic heterocycles. The Bertz CT molecular complexity index is 443. The van der Waals surface area contributed by atoms with E-state index in [4.69, 9.17) is 0 Å². The van der Waals surface area contributed by atoms with Gasteiger partial charge in [-0.05, 0) is 33.1 Å². The highest BCUT2D eigenvalue weighted by molar-refractivity contribution is 9.10.